The molecule has 0 fully saturated rings. The number of hydrogen-bond acceptors (Lipinski definition) is 2. The molecule has 0 unspecified atom stereocenters. The highest BCUT2D eigenvalue weighted by Gasteiger charge is 2.10. The first-order valence-corrected chi connectivity index (χ1v) is 6.50. The number of carbonyl (C=O) groups excluding carboxylic acids is 1. The molecule has 0 radical (unpaired) electrons. The molecule has 0 saturated heterocycles. The van der Waals surface area contributed by atoms with Crippen LogP contribution in [0.5, 0.6) is 11.5 Å². The molecule has 0 saturated carbocycles. The highest BCUT2D eigenvalue weighted by atomic mass is 79.9. The summed E-state index contributed by atoms with van der Waals surface area (Å²) in [6.07, 6.45) is 0.767. The molecule has 0 N–H and O–H groups in total. The van der Waals surface area contributed by atoms with E-state index in [1.165, 1.54) is 12.1 Å². The number of benzene rings is 2. The Bertz CT molecular complexity index is 615. The zero-order chi connectivity index (χ0) is 14.0. The number of halogens is 2. The number of aryl methyl sites for hydroxylation is 2. The van der Waals surface area contributed by atoms with Crippen molar-refractivity contribution in [2.24, 2.45) is 0 Å². The first kappa shape index (κ1) is 13.7. The van der Waals surface area contributed by atoms with E-state index in [2.05, 4.69) is 15.9 Å². The van der Waals surface area contributed by atoms with Crippen LogP contribution in [0.4, 0.5) is 4.39 Å². The second kappa shape index (κ2) is 5.53. The summed E-state index contributed by atoms with van der Waals surface area (Å²) in [6.45, 7) is 3.58. The SMILES string of the molecule is Cc1cc(F)cc(C)c1Oc1ccc(C=O)cc1Br. The number of ether oxygens (including phenoxy) is 1. The molecule has 2 rings (SSSR count). The summed E-state index contributed by atoms with van der Waals surface area (Å²) in [4.78, 5) is 10.7. The second-order valence-electron chi connectivity index (χ2n) is 4.28. The summed E-state index contributed by atoms with van der Waals surface area (Å²) in [5.74, 6) is 0.932. The zero-order valence-electron chi connectivity index (χ0n) is 10.5. The molecule has 0 aliphatic heterocycles. The summed E-state index contributed by atoms with van der Waals surface area (Å²) < 4.78 is 19.7. The van der Waals surface area contributed by atoms with E-state index < -0.39 is 0 Å². The predicted molar refractivity (Wildman–Crippen MR) is 75.5 cm³/mol. The molecule has 2 nitrogen and oxygen atoms in total. The van der Waals surface area contributed by atoms with Gasteiger partial charge in [0.25, 0.3) is 0 Å². The minimum absolute atomic E-state index is 0.280. The van der Waals surface area contributed by atoms with Crippen LogP contribution in [-0.2, 0) is 0 Å². The number of aldehydes is 1. The third-order valence-corrected chi connectivity index (χ3v) is 3.35. The highest BCUT2D eigenvalue weighted by Crippen LogP contribution is 2.34. The lowest BCUT2D eigenvalue weighted by molar-refractivity contribution is 0.112. The van der Waals surface area contributed by atoms with E-state index >= 15 is 0 Å². The molecule has 0 bridgehead atoms. The Morgan fingerprint density at radius 2 is 1.79 bits per heavy atom. The molecule has 98 valence electrons. The summed E-state index contributed by atoms with van der Waals surface area (Å²) in [5, 5.41) is 0. The van der Waals surface area contributed by atoms with Crippen LogP contribution < -0.4 is 4.74 Å². The van der Waals surface area contributed by atoms with E-state index in [1.54, 1.807) is 32.0 Å². The van der Waals surface area contributed by atoms with Crippen molar-refractivity contribution in [1.82, 2.24) is 0 Å². The lowest BCUT2D eigenvalue weighted by atomic mass is 10.1. The molecule has 0 heterocycles. The van der Waals surface area contributed by atoms with Gasteiger partial charge in [-0.3, -0.25) is 4.79 Å². The predicted octanol–water partition coefficient (Wildman–Crippen LogP) is 4.81. The van der Waals surface area contributed by atoms with Crippen LogP contribution in [-0.4, -0.2) is 6.29 Å². The second-order valence-corrected chi connectivity index (χ2v) is 5.13. The normalized spacial score (nSPS) is 10.3. The highest BCUT2D eigenvalue weighted by molar-refractivity contribution is 9.10. The van der Waals surface area contributed by atoms with Crippen molar-refractivity contribution < 1.29 is 13.9 Å². The van der Waals surface area contributed by atoms with Crippen molar-refractivity contribution in [2.45, 2.75) is 13.8 Å². The van der Waals surface area contributed by atoms with E-state index in [9.17, 15) is 9.18 Å². The van der Waals surface area contributed by atoms with Gasteiger partial charge in [-0.05, 0) is 71.2 Å². The van der Waals surface area contributed by atoms with Crippen molar-refractivity contribution in [2.75, 3.05) is 0 Å². The minimum Gasteiger partial charge on any atom is -0.456 e. The summed E-state index contributed by atoms with van der Waals surface area (Å²) in [6, 6.07) is 7.90. The summed E-state index contributed by atoms with van der Waals surface area (Å²) in [5.41, 5.74) is 2.01. The molecule has 2 aromatic carbocycles. The van der Waals surface area contributed by atoms with Gasteiger partial charge >= 0.3 is 0 Å². The molecule has 0 spiro atoms. The van der Waals surface area contributed by atoms with Gasteiger partial charge in [-0.1, -0.05) is 0 Å². The topological polar surface area (TPSA) is 26.3 Å². The minimum atomic E-state index is -0.280. The first-order chi connectivity index (χ1) is 9.01. The van der Waals surface area contributed by atoms with Crippen LogP contribution in [0.25, 0.3) is 0 Å². The van der Waals surface area contributed by atoms with Gasteiger partial charge in [-0.2, -0.15) is 0 Å². The average molecular weight is 323 g/mol. The zero-order valence-corrected chi connectivity index (χ0v) is 12.1. The van der Waals surface area contributed by atoms with Crippen LogP contribution >= 0.6 is 15.9 Å². The molecule has 4 heteroatoms. The van der Waals surface area contributed by atoms with Gasteiger partial charge in [0.15, 0.2) is 0 Å². The quantitative estimate of drug-likeness (QED) is 0.758. The van der Waals surface area contributed by atoms with E-state index in [1.807, 2.05) is 0 Å². The molecule has 0 aliphatic rings. The Morgan fingerprint density at radius 3 is 2.32 bits per heavy atom. The smallest absolute Gasteiger partial charge is 0.150 e. The standard InChI is InChI=1S/C15H12BrFO2/c1-9-5-12(17)6-10(2)15(9)19-14-4-3-11(8-18)7-13(14)16/h3-8H,1-2H3. The third kappa shape index (κ3) is 3.01. The Labute approximate surface area is 119 Å². The van der Waals surface area contributed by atoms with E-state index in [-0.39, 0.29) is 5.82 Å². The monoisotopic (exact) mass is 322 g/mol. The maximum atomic E-state index is 13.2. The van der Waals surface area contributed by atoms with Gasteiger partial charge in [0.1, 0.15) is 23.6 Å². The fourth-order valence-corrected chi connectivity index (χ4v) is 2.32. The molecule has 0 amide bonds. The van der Waals surface area contributed by atoms with Crippen molar-refractivity contribution in [3.05, 3.63) is 57.3 Å². The molecule has 0 atom stereocenters. The van der Waals surface area contributed by atoms with E-state index in [4.69, 9.17) is 4.74 Å². The first-order valence-electron chi connectivity index (χ1n) is 5.70. The van der Waals surface area contributed by atoms with Gasteiger partial charge in [0.05, 0.1) is 4.47 Å². The molecular weight excluding hydrogens is 311 g/mol. The lowest BCUT2D eigenvalue weighted by Gasteiger charge is -2.13. The van der Waals surface area contributed by atoms with Gasteiger partial charge < -0.3 is 4.74 Å². The van der Waals surface area contributed by atoms with Crippen LogP contribution in [0.1, 0.15) is 21.5 Å². The maximum absolute atomic E-state index is 13.2. The van der Waals surface area contributed by atoms with Gasteiger partial charge in [0, 0.05) is 5.56 Å². The lowest BCUT2D eigenvalue weighted by Crippen LogP contribution is -1.94. The van der Waals surface area contributed by atoms with E-state index in [0.717, 1.165) is 17.4 Å². The molecule has 0 aromatic heterocycles. The Balaban J connectivity index is 2.39. The maximum Gasteiger partial charge on any atom is 0.150 e. The number of hydrogen-bond donors (Lipinski definition) is 0. The van der Waals surface area contributed by atoms with Crippen molar-refractivity contribution >= 4 is 22.2 Å². The molecule has 2 aromatic rings. The third-order valence-electron chi connectivity index (χ3n) is 2.73. The Morgan fingerprint density at radius 1 is 1.16 bits per heavy atom. The molecule has 0 aliphatic carbocycles. The Kier molecular flexibility index (Phi) is 4.00. The van der Waals surface area contributed by atoms with Crippen molar-refractivity contribution in [3.63, 3.8) is 0 Å². The van der Waals surface area contributed by atoms with Crippen molar-refractivity contribution in [1.29, 1.82) is 0 Å². The fourth-order valence-electron chi connectivity index (χ4n) is 1.84. The number of rotatable bonds is 3. The molecule has 19 heavy (non-hydrogen) atoms. The Hall–Kier alpha value is -1.68. The van der Waals surface area contributed by atoms with Crippen LogP contribution in [0.15, 0.2) is 34.8 Å². The average Bonchev–Trinajstić information content (AvgIpc) is 2.35. The van der Waals surface area contributed by atoms with Crippen LogP contribution in [0.2, 0.25) is 0 Å². The largest absolute Gasteiger partial charge is 0.456 e. The van der Waals surface area contributed by atoms with Gasteiger partial charge in [-0.15, -0.1) is 0 Å². The van der Waals surface area contributed by atoms with E-state index in [0.29, 0.717) is 21.5 Å². The van der Waals surface area contributed by atoms with Gasteiger partial charge in [0.2, 0.25) is 0 Å². The van der Waals surface area contributed by atoms with Gasteiger partial charge in [-0.25, -0.2) is 4.39 Å². The summed E-state index contributed by atoms with van der Waals surface area (Å²) >= 11 is 3.35. The molecular formula is C15H12BrFO2. The number of carbonyl (C=O) groups is 1. The van der Waals surface area contributed by atoms with Crippen LogP contribution in [0.3, 0.4) is 0 Å². The van der Waals surface area contributed by atoms with Crippen molar-refractivity contribution in [3.8, 4) is 11.5 Å². The summed E-state index contributed by atoms with van der Waals surface area (Å²) in [7, 11) is 0. The van der Waals surface area contributed by atoms with Crippen LogP contribution in [0, 0.1) is 19.7 Å². The fraction of sp³-hybridized carbons (Fsp3) is 0.133.